The lowest BCUT2D eigenvalue weighted by molar-refractivity contribution is 0.0938. The zero-order valence-electron chi connectivity index (χ0n) is 13.0. The number of nitrogens with one attached hydrogen (secondary N) is 1. The highest BCUT2D eigenvalue weighted by atomic mass is 127. The van der Waals surface area contributed by atoms with E-state index in [9.17, 15) is 4.79 Å². The van der Waals surface area contributed by atoms with Gasteiger partial charge in [0.25, 0.3) is 5.91 Å². The van der Waals surface area contributed by atoms with E-state index >= 15 is 0 Å². The summed E-state index contributed by atoms with van der Waals surface area (Å²) in [5.41, 5.74) is 2.00. The van der Waals surface area contributed by atoms with Crippen LogP contribution in [0.3, 0.4) is 0 Å². The van der Waals surface area contributed by atoms with Crippen molar-refractivity contribution in [2.75, 3.05) is 19.6 Å². The summed E-state index contributed by atoms with van der Waals surface area (Å²) in [6.45, 7) is 2.87. The molecule has 3 rings (SSSR count). The molecule has 1 atom stereocenters. The van der Waals surface area contributed by atoms with Crippen molar-refractivity contribution in [2.24, 2.45) is 0 Å². The Morgan fingerprint density at radius 1 is 1.09 bits per heavy atom. The molecule has 1 aliphatic rings. The van der Waals surface area contributed by atoms with Gasteiger partial charge >= 0.3 is 0 Å². The molecule has 0 spiro atoms. The number of amides is 1. The molecule has 120 valence electrons. The van der Waals surface area contributed by atoms with Gasteiger partial charge in [0.05, 0.1) is 6.04 Å². The van der Waals surface area contributed by atoms with Crippen LogP contribution in [-0.4, -0.2) is 30.4 Å². The molecule has 1 fully saturated rings. The minimum Gasteiger partial charge on any atom is -0.350 e. The van der Waals surface area contributed by atoms with Crippen molar-refractivity contribution in [2.45, 2.75) is 18.9 Å². The summed E-state index contributed by atoms with van der Waals surface area (Å²) in [5, 5.41) is 3.12. The van der Waals surface area contributed by atoms with Crippen molar-refractivity contribution in [1.29, 1.82) is 0 Å². The second-order valence-electron chi connectivity index (χ2n) is 5.89. The molecule has 2 aromatic carbocycles. The second kappa shape index (κ2) is 7.93. The predicted octanol–water partition coefficient (Wildman–Crippen LogP) is 3.86. The van der Waals surface area contributed by atoms with Gasteiger partial charge in [-0.25, -0.2) is 0 Å². The van der Waals surface area contributed by atoms with Crippen LogP contribution in [0.2, 0.25) is 0 Å². The molecular weight excluding hydrogens is 399 g/mol. The molecule has 0 radical (unpaired) electrons. The number of likely N-dealkylation sites (tertiary alicyclic amines) is 1. The van der Waals surface area contributed by atoms with Crippen molar-refractivity contribution >= 4 is 28.5 Å². The van der Waals surface area contributed by atoms with E-state index < -0.39 is 0 Å². The van der Waals surface area contributed by atoms with E-state index in [2.05, 4.69) is 57.1 Å². The van der Waals surface area contributed by atoms with Gasteiger partial charge in [-0.3, -0.25) is 9.69 Å². The molecule has 0 bridgehead atoms. The molecule has 1 heterocycles. The first-order chi connectivity index (χ1) is 11.2. The van der Waals surface area contributed by atoms with E-state index in [1.54, 1.807) is 0 Å². The summed E-state index contributed by atoms with van der Waals surface area (Å²) in [5.74, 6) is 0.00337. The van der Waals surface area contributed by atoms with E-state index in [-0.39, 0.29) is 11.9 Å². The first-order valence-electron chi connectivity index (χ1n) is 8.07. The van der Waals surface area contributed by atoms with Gasteiger partial charge in [-0.15, -0.1) is 0 Å². The number of carbonyl (C=O) groups excluding carboxylic acids is 1. The monoisotopic (exact) mass is 420 g/mol. The van der Waals surface area contributed by atoms with Crippen LogP contribution in [0, 0.1) is 3.57 Å². The Labute approximate surface area is 151 Å². The highest BCUT2D eigenvalue weighted by Crippen LogP contribution is 2.24. The number of hydrogen-bond acceptors (Lipinski definition) is 2. The molecule has 1 N–H and O–H groups in total. The molecule has 3 nitrogen and oxygen atoms in total. The fraction of sp³-hybridized carbons (Fsp3) is 0.316. The maximum absolute atomic E-state index is 12.4. The summed E-state index contributed by atoms with van der Waals surface area (Å²) < 4.78 is 1.08. The Morgan fingerprint density at radius 2 is 1.83 bits per heavy atom. The minimum absolute atomic E-state index is 0.00337. The zero-order chi connectivity index (χ0) is 16.1. The molecule has 4 heteroatoms. The second-order valence-corrected chi connectivity index (χ2v) is 7.14. The SMILES string of the molecule is O=C(NCC(c1ccccc1)N1CCCC1)c1cccc(I)c1. The maximum Gasteiger partial charge on any atom is 0.251 e. The Bertz CT molecular complexity index is 653. The van der Waals surface area contributed by atoms with E-state index in [1.165, 1.54) is 18.4 Å². The van der Waals surface area contributed by atoms with E-state index in [0.717, 1.165) is 22.2 Å². The van der Waals surface area contributed by atoms with Crippen molar-refractivity contribution in [3.05, 3.63) is 69.3 Å². The molecule has 23 heavy (non-hydrogen) atoms. The summed E-state index contributed by atoms with van der Waals surface area (Å²) in [6, 6.07) is 18.4. The number of carbonyl (C=O) groups is 1. The molecule has 0 aromatic heterocycles. The van der Waals surface area contributed by atoms with Crippen LogP contribution in [0.4, 0.5) is 0 Å². The summed E-state index contributed by atoms with van der Waals surface area (Å²) in [6.07, 6.45) is 2.49. The first-order valence-corrected chi connectivity index (χ1v) is 9.15. The number of rotatable bonds is 5. The topological polar surface area (TPSA) is 32.3 Å². The van der Waals surface area contributed by atoms with Crippen molar-refractivity contribution in [3.63, 3.8) is 0 Å². The quantitative estimate of drug-likeness (QED) is 0.746. The molecule has 1 amide bonds. The molecule has 0 saturated carbocycles. The highest BCUT2D eigenvalue weighted by molar-refractivity contribution is 14.1. The van der Waals surface area contributed by atoms with Crippen LogP contribution in [-0.2, 0) is 0 Å². The number of nitrogens with zero attached hydrogens (tertiary/aromatic N) is 1. The Kier molecular flexibility index (Phi) is 5.67. The molecule has 0 aliphatic carbocycles. The summed E-state index contributed by atoms with van der Waals surface area (Å²) in [4.78, 5) is 14.9. The average Bonchev–Trinajstić information content (AvgIpc) is 3.10. The maximum atomic E-state index is 12.4. The minimum atomic E-state index is 0.00337. The van der Waals surface area contributed by atoms with E-state index in [0.29, 0.717) is 6.54 Å². The van der Waals surface area contributed by atoms with Crippen molar-refractivity contribution in [3.8, 4) is 0 Å². The Balaban J connectivity index is 1.70. The standard InChI is InChI=1S/C19H21IN2O/c20-17-10-6-9-16(13-17)19(23)21-14-18(22-11-4-5-12-22)15-7-2-1-3-8-15/h1-3,6-10,13,18H,4-5,11-12,14H2,(H,21,23). The first kappa shape index (κ1) is 16.5. The molecule has 1 saturated heterocycles. The molecular formula is C19H21IN2O. The number of halogens is 1. The van der Waals surface area contributed by atoms with Gasteiger partial charge in [0.15, 0.2) is 0 Å². The fourth-order valence-corrected chi connectivity index (χ4v) is 3.65. The lowest BCUT2D eigenvalue weighted by Crippen LogP contribution is -2.36. The van der Waals surface area contributed by atoms with Gasteiger partial charge in [-0.2, -0.15) is 0 Å². The lowest BCUT2D eigenvalue weighted by atomic mass is 10.1. The lowest BCUT2D eigenvalue weighted by Gasteiger charge is -2.28. The van der Waals surface area contributed by atoms with Gasteiger partial charge in [-0.1, -0.05) is 36.4 Å². The summed E-state index contributed by atoms with van der Waals surface area (Å²) >= 11 is 2.23. The predicted molar refractivity (Wildman–Crippen MR) is 101 cm³/mol. The van der Waals surface area contributed by atoms with Crippen LogP contribution in [0.25, 0.3) is 0 Å². The van der Waals surface area contributed by atoms with Crippen molar-refractivity contribution < 1.29 is 4.79 Å². The Morgan fingerprint density at radius 3 is 2.52 bits per heavy atom. The van der Waals surface area contributed by atoms with Crippen LogP contribution >= 0.6 is 22.6 Å². The summed E-state index contributed by atoms with van der Waals surface area (Å²) in [7, 11) is 0. The van der Waals surface area contributed by atoms with Gasteiger partial charge in [0.2, 0.25) is 0 Å². The van der Waals surface area contributed by atoms with Crippen LogP contribution < -0.4 is 5.32 Å². The molecule has 2 aromatic rings. The number of hydrogen-bond donors (Lipinski definition) is 1. The van der Waals surface area contributed by atoms with Crippen LogP contribution in [0.5, 0.6) is 0 Å². The fourth-order valence-electron chi connectivity index (χ4n) is 3.11. The van der Waals surface area contributed by atoms with Crippen molar-refractivity contribution in [1.82, 2.24) is 10.2 Å². The Hall–Kier alpha value is -1.40. The molecule has 1 aliphatic heterocycles. The molecule has 1 unspecified atom stereocenters. The number of benzene rings is 2. The third-order valence-corrected chi connectivity index (χ3v) is 4.98. The normalized spacial score (nSPS) is 16.2. The van der Waals surface area contributed by atoms with Gasteiger partial charge in [-0.05, 0) is 72.3 Å². The van der Waals surface area contributed by atoms with Crippen LogP contribution in [0.15, 0.2) is 54.6 Å². The third kappa shape index (κ3) is 4.32. The zero-order valence-corrected chi connectivity index (χ0v) is 15.2. The van der Waals surface area contributed by atoms with Crippen LogP contribution in [0.1, 0.15) is 34.8 Å². The average molecular weight is 420 g/mol. The highest BCUT2D eigenvalue weighted by Gasteiger charge is 2.23. The largest absolute Gasteiger partial charge is 0.350 e. The smallest absolute Gasteiger partial charge is 0.251 e. The van der Waals surface area contributed by atoms with Gasteiger partial charge in [0.1, 0.15) is 0 Å². The van der Waals surface area contributed by atoms with E-state index in [4.69, 9.17) is 0 Å². The van der Waals surface area contributed by atoms with Gasteiger partial charge < -0.3 is 5.32 Å². The van der Waals surface area contributed by atoms with Gasteiger partial charge in [0, 0.05) is 15.7 Å². The third-order valence-electron chi connectivity index (χ3n) is 4.31. The van der Waals surface area contributed by atoms with E-state index in [1.807, 2.05) is 30.3 Å².